The van der Waals surface area contributed by atoms with Crippen molar-refractivity contribution in [3.05, 3.63) is 12.7 Å². The van der Waals surface area contributed by atoms with Gasteiger partial charge in [0.25, 0.3) is 0 Å². The van der Waals surface area contributed by atoms with Crippen LogP contribution in [-0.2, 0) is 9.53 Å². The van der Waals surface area contributed by atoms with Crippen molar-refractivity contribution in [1.29, 1.82) is 0 Å². The summed E-state index contributed by atoms with van der Waals surface area (Å²) in [6.45, 7) is 8.87. The molecule has 2 heteroatoms. The first-order valence-electron chi connectivity index (χ1n) is 11.0. The van der Waals surface area contributed by atoms with Crippen molar-refractivity contribution in [1.82, 2.24) is 0 Å². The fourth-order valence-electron chi connectivity index (χ4n) is 3.23. The van der Waals surface area contributed by atoms with E-state index in [4.69, 9.17) is 4.74 Å². The molecule has 0 aliphatic heterocycles. The van der Waals surface area contributed by atoms with Crippen molar-refractivity contribution in [2.75, 3.05) is 6.61 Å². The lowest BCUT2D eigenvalue weighted by molar-refractivity contribution is -0.145. The number of hydrogen-bond donors (Lipinski definition) is 0. The Balaban J connectivity index is 3.93. The molecule has 1 unspecified atom stereocenters. The van der Waals surface area contributed by atoms with Crippen LogP contribution in [0.1, 0.15) is 117 Å². The maximum Gasteiger partial charge on any atom is 0.305 e. The van der Waals surface area contributed by atoms with Crippen molar-refractivity contribution in [3.8, 4) is 0 Å². The van der Waals surface area contributed by atoms with Crippen molar-refractivity contribution in [3.63, 3.8) is 0 Å². The van der Waals surface area contributed by atoms with Crippen LogP contribution in [-0.4, -0.2) is 12.6 Å². The summed E-state index contributed by atoms with van der Waals surface area (Å²) >= 11 is 0. The molecule has 25 heavy (non-hydrogen) atoms. The van der Waals surface area contributed by atoms with E-state index in [2.05, 4.69) is 20.4 Å². The molecule has 0 aliphatic carbocycles. The van der Waals surface area contributed by atoms with Gasteiger partial charge in [-0.1, -0.05) is 84.1 Å². The molecule has 1 atom stereocenters. The van der Waals surface area contributed by atoms with Gasteiger partial charge in [-0.15, -0.1) is 6.58 Å². The van der Waals surface area contributed by atoms with E-state index in [1.54, 1.807) is 0 Å². The van der Waals surface area contributed by atoms with Gasteiger partial charge in [0, 0.05) is 6.42 Å². The minimum Gasteiger partial charge on any atom is -0.465 e. The predicted molar refractivity (Wildman–Crippen MR) is 110 cm³/mol. The Hall–Kier alpha value is -0.790. The maximum atomic E-state index is 11.9. The molecule has 0 aromatic heterocycles. The van der Waals surface area contributed by atoms with Gasteiger partial charge in [0.2, 0.25) is 0 Å². The Bertz CT molecular complexity index is 298. The Labute approximate surface area is 157 Å². The zero-order valence-corrected chi connectivity index (χ0v) is 17.2. The van der Waals surface area contributed by atoms with E-state index in [0.29, 0.717) is 18.9 Å². The summed E-state index contributed by atoms with van der Waals surface area (Å²) in [7, 11) is 0. The van der Waals surface area contributed by atoms with Gasteiger partial charge < -0.3 is 4.74 Å². The fraction of sp³-hybridized carbons (Fsp3) is 0.870. The molecule has 0 saturated heterocycles. The number of carbonyl (C=O) groups is 1. The number of ether oxygens (including phenoxy) is 1. The van der Waals surface area contributed by atoms with Crippen LogP contribution in [0.3, 0.4) is 0 Å². The molecule has 0 spiro atoms. The summed E-state index contributed by atoms with van der Waals surface area (Å²) in [5, 5.41) is 0. The Morgan fingerprint density at radius 1 is 0.840 bits per heavy atom. The van der Waals surface area contributed by atoms with Gasteiger partial charge >= 0.3 is 5.97 Å². The van der Waals surface area contributed by atoms with Crippen LogP contribution in [0.15, 0.2) is 12.7 Å². The molecule has 0 fully saturated rings. The highest BCUT2D eigenvalue weighted by Crippen LogP contribution is 2.19. The lowest BCUT2D eigenvalue weighted by Gasteiger charge is -2.17. The number of rotatable bonds is 19. The maximum absolute atomic E-state index is 11.9. The van der Waals surface area contributed by atoms with E-state index >= 15 is 0 Å². The fourth-order valence-corrected chi connectivity index (χ4v) is 3.23. The average molecular weight is 353 g/mol. The third-order valence-electron chi connectivity index (χ3n) is 4.95. The van der Waals surface area contributed by atoms with Crippen molar-refractivity contribution in [2.45, 2.75) is 117 Å². The smallest absolute Gasteiger partial charge is 0.305 e. The Kier molecular flexibility index (Phi) is 18.9. The molecule has 0 aliphatic rings. The Morgan fingerprint density at radius 3 is 2.00 bits per heavy atom. The van der Waals surface area contributed by atoms with Crippen molar-refractivity contribution in [2.24, 2.45) is 5.92 Å². The standard InChI is InChI=1S/C23H44O2/c1-4-7-10-13-14-16-19-22(18-15-11-8-5-2)21-25-23(24)20-17-12-9-6-3/h6,22H,3-5,7-21H2,1-2H3. The highest BCUT2D eigenvalue weighted by atomic mass is 16.5. The number of unbranched alkanes of at least 4 members (excludes halogenated alkanes) is 10. The second-order valence-electron chi connectivity index (χ2n) is 7.49. The first kappa shape index (κ1) is 24.2. The SMILES string of the molecule is C=CCCCCC(=O)OCC(CCCCCC)CCCCCCCC. The normalized spacial score (nSPS) is 12.1. The molecule has 0 rings (SSSR count). The molecule has 0 aromatic carbocycles. The largest absolute Gasteiger partial charge is 0.465 e. The second-order valence-corrected chi connectivity index (χ2v) is 7.49. The van der Waals surface area contributed by atoms with Crippen LogP contribution >= 0.6 is 0 Å². The van der Waals surface area contributed by atoms with E-state index in [-0.39, 0.29) is 5.97 Å². The van der Waals surface area contributed by atoms with Crippen LogP contribution in [0, 0.1) is 5.92 Å². The number of hydrogen-bond acceptors (Lipinski definition) is 2. The highest BCUT2D eigenvalue weighted by molar-refractivity contribution is 5.69. The van der Waals surface area contributed by atoms with Gasteiger partial charge in [-0.05, 0) is 38.0 Å². The van der Waals surface area contributed by atoms with Crippen LogP contribution in [0.5, 0.6) is 0 Å². The van der Waals surface area contributed by atoms with Crippen molar-refractivity contribution >= 4 is 5.97 Å². The minimum atomic E-state index is -0.00873. The quantitative estimate of drug-likeness (QED) is 0.136. The first-order chi connectivity index (χ1) is 12.2. The van der Waals surface area contributed by atoms with Gasteiger partial charge in [-0.25, -0.2) is 0 Å². The average Bonchev–Trinajstić information content (AvgIpc) is 2.62. The number of carbonyl (C=O) groups excluding carboxylic acids is 1. The third kappa shape index (κ3) is 17.8. The van der Waals surface area contributed by atoms with E-state index in [1.165, 1.54) is 77.0 Å². The molecule has 0 N–H and O–H groups in total. The molecule has 0 amide bonds. The number of esters is 1. The molecular formula is C23H44O2. The summed E-state index contributed by atoms with van der Waals surface area (Å²) in [6, 6.07) is 0. The topological polar surface area (TPSA) is 26.3 Å². The summed E-state index contributed by atoms with van der Waals surface area (Å²) in [4.78, 5) is 11.9. The van der Waals surface area contributed by atoms with Crippen LogP contribution in [0.4, 0.5) is 0 Å². The third-order valence-corrected chi connectivity index (χ3v) is 4.95. The van der Waals surface area contributed by atoms with E-state index in [9.17, 15) is 4.79 Å². The molecule has 0 heterocycles. The molecule has 0 saturated carbocycles. The zero-order chi connectivity index (χ0) is 18.6. The first-order valence-corrected chi connectivity index (χ1v) is 11.0. The van der Waals surface area contributed by atoms with Crippen LogP contribution in [0.2, 0.25) is 0 Å². The van der Waals surface area contributed by atoms with Crippen LogP contribution in [0.25, 0.3) is 0 Å². The van der Waals surface area contributed by atoms with Crippen molar-refractivity contribution < 1.29 is 9.53 Å². The zero-order valence-electron chi connectivity index (χ0n) is 17.2. The Morgan fingerprint density at radius 2 is 1.40 bits per heavy atom. The van der Waals surface area contributed by atoms with Crippen LogP contribution < -0.4 is 0 Å². The van der Waals surface area contributed by atoms with E-state index in [1.807, 2.05) is 6.08 Å². The molecule has 0 bridgehead atoms. The minimum absolute atomic E-state index is 0.00873. The lowest BCUT2D eigenvalue weighted by Crippen LogP contribution is -2.14. The molecule has 2 nitrogen and oxygen atoms in total. The van der Waals surface area contributed by atoms with E-state index in [0.717, 1.165) is 19.3 Å². The summed E-state index contributed by atoms with van der Waals surface area (Å²) in [6.07, 6.45) is 21.1. The molecule has 0 aromatic rings. The van der Waals surface area contributed by atoms with Gasteiger partial charge in [-0.2, -0.15) is 0 Å². The molecule has 0 radical (unpaired) electrons. The summed E-state index contributed by atoms with van der Waals surface area (Å²) in [5.41, 5.74) is 0. The van der Waals surface area contributed by atoms with Gasteiger partial charge in [-0.3, -0.25) is 4.79 Å². The number of allylic oxidation sites excluding steroid dienone is 1. The summed E-state index contributed by atoms with van der Waals surface area (Å²) in [5.74, 6) is 0.561. The molecule has 148 valence electrons. The van der Waals surface area contributed by atoms with Gasteiger partial charge in [0.1, 0.15) is 0 Å². The summed E-state index contributed by atoms with van der Waals surface area (Å²) < 4.78 is 5.57. The predicted octanol–water partition coefficient (Wildman–Crippen LogP) is 7.61. The monoisotopic (exact) mass is 352 g/mol. The highest BCUT2D eigenvalue weighted by Gasteiger charge is 2.12. The lowest BCUT2D eigenvalue weighted by atomic mass is 9.95. The second kappa shape index (κ2) is 19.5. The van der Waals surface area contributed by atoms with E-state index < -0.39 is 0 Å². The van der Waals surface area contributed by atoms with Gasteiger partial charge in [0.05, 0.1) is 6.61 Å². The van der Waals surface area contributed by atoms with Gasteiger partial charge in [0.15, 0.2) is 0 Å². The molecular weight excluding hydrogens is 308 g/mol.